The van der Waals surface area contributed by atoms with E-state index < -0.39 is 11.7 Å². The lowest BCUT2D eigenvalue weighted by Gasteiger charge is -2.12. The van der Waals surface area contributed by atoms with Gasteiger partial charge in [0.05, 0.1) is 10.6 Å². The highest BCUT2D eigenvalue weighted by Crippen LogP contribution is 2.19. The van der Waals surface area contributed by atoms with Crippen LogP contribution in [0.2, 0.25) is 5.02 Å². The third-order valence-electron chi connectivity index (χ3n) is 2.59. The first-order valence-corrected chi connectivity index (χ1v) is 5.52. The molecular formula is C11H12ClFN2O. The summed E-state index contributed by atoms with van der Waals surface area (Å²) in [4.78, 5) is 11.8. The third kappa shape index (κ3) is 2.33. The van der Waals surface area contributed by atoms with Crippen LogP contribution in [0.1, 0.15) is 16.8 Å². The molecule has 0 aliphatic carbocycles. The number of nitrogens with one attached hydrogen (secondary N) is 2. The van der Waals surface area contributed by atoms with Gasteiger partial charge in [0.15, 0.2) is 0 Å². The monoisotopic (exact) mass is 242 g/mol. The Hall–Kier alpha value is -1.13. The second-order valence-corrected chi connectivity index (χ2v) is 4.17. The predicted molar refractivity (Wildman–Crippen MR) is 60.2 cm³/mol. The van der Waals surface area contributed by atoms with Crippen molar-refractivity contribution in [1.82, 2.24) is 10.6 Å². The second-order valence-electron chi connectivity index (χ2n) is 3.76. The Morgan fingerprint density at radius 2 is 2.38 bits per heavy atom. The van der Waals surface area contributed by atoms with Gasteiger partial charge in [0.1, 0.15) is 5.82 Å². The molecule has 3 nitrogen and oxygen atoms in total. The average Bonchev–Trinajstić information content (AvgIpc) is 2.70. The smallest absolute Gasteiger partial charge is 0.256 e. The van der Waals surface area contributed by atoms with Crippen LogP contribution in [0.25, 0.3) is 0 Å². The lowest BCUT2D eigenvalue weighted by atomic mass is 10.1. The van der Waals surface area contributed by atoms with E-state index in [1.165, 1.54) is 18.2 Å². The molecule has 0 bridgehead atoms. The molecule has 2 N–H and O–H groups in total. The summed E-state index contributed by atoms with van der Waals surface area (Å²) in [7, 11) is 0. The largest absolute Gasteiger partial charge is 0.348 e. The van der Waals surface area contributed by atoms with Crippen molar-refractivity contribution in [2.24, 2.45) is 0 Å². The van der Waals surface area contributed by atoms with Gasteiger partial charge < -0.3 is 10.6 Å². The zero-order chi connectivity index (χ0) is 11.5. The summed E-state index contributed by atoms with van der Waals surface area (Å²) in [6, 6.07) is 4.27. The second kappa shape index (κ2) is 4.80. The highest BCUT2D eigenvalue weighted by molar-refractivity contribution is 6.33. The highest BCUT2D eigenvalue weighted by Gasteiger charge is 2.21. The van der Waals surface area contributed by atoms with Crippen molar-refractivity contribution >= 4 is 17.5 Å². The number of carbonyl (C=O) groups excluding carboxylic acids is 1. The van der Waals surface area contributed by atoms with Crippen molar-refractivity contribution in [2.45, 2.75) is 12.5 Å². The quantitative estimate of drug-likeness (QED) is 0.827. The zero-order valence-electron chi connectivity index (χ0n) is 8.59. The van der Waals surface area contributed by atoms with Gasteiger partial charge in [-0.15, -0.1) is 0 Å². The van der Waals surface area contributed by atoms with Crippen molar-refractivity contribution < 1.29 is 9.18 Å². The van der Waals surface area contributed by atoms with Gasteiger partial charge in [-0.2, -0.15) is 0 Å². The van der Waals surface area contributed by atoms with Crippen molar-refractivity contribution in [1.29, 1.82) is 0 Å². The van der Waals surface area contributed by atoms with E-state index in [9.17, 15) is 9.18 Å². The summed E-state index contributed by atoms with van der Waals surface area (Å²) in [5, 5.41) is 6.01. The zero-order valence-corrected chi connectivity index (χ0v) is 9.35. The molecule has 1 fully saturated rings. The average molecular weight is 243 g/mol. The number of carbonyl (C=O) groups is 1. The number of halogens is 2. The van der Waals surface area contributed by atoms with Gasteiger partial charge in [0.25, 0.3) is 5.91 Å². The molecule has 0 saturated carbocycles. The van der Waals surface area contributed by atoms with Crippen LogP contribution in [0, 0.1) is 5.82 Å². The van der Waals surface area contributed by atoms with Crippen LogP contribution < -0.4 is 10.6 Å². The molecule has 86 valence electrons. The van der Waals surface area contributed by atoms with E-state index in [2.05, 4.69) is 10.6 Å². The van der Waals surface area contributed by atoms with Crippen LogP contribution in [0.4, 0.5) is 4.39 Å². The molecule has 1 atom stereocenters. The Labute approximate surface area is 98.0 Å². The summed E-state index contributed by atoms with van der Waals surface area (Å²) in [5.41, 5.74) is -0.0731. The van der Waals surface area contributed by atoms with Crippen molar-refractivity contribution in [2.75, 3.05) is 13.1 Å². The van der Waals surface area contributed by atoms with Crippen molar-refractivity contribution in [3.63, 3.8) is 0 Å². The highest BCUT2D eigenvalue weighted by atomic mass is 35.5. The van der Waals surface area contributed by atoms with Gasteiger partial charge in [0, 0.05) is 12.6 Å². The van der Waals surface area contributed by atoms with E-state index in [-0.39, 0.29) is 16.6 Å². The van der Waals surface area contributed by atoms with Gasteiger partial charge >= 0.3 is 0 Å². The van der Waals surface area contributed by atoms with E-state index in [0.717, 1.165) is 19.5 Å². The summed E-state index contributed by atoms with van der Waals surface area (Å²) >= 11 is 5.79. The maximum Gasteiger partial charge on any atom is 0.256 e. The summed E-state index contributed by atoms with van der Waals surface area (Å²) < 4.78 is 13.4. The third-order valence-corrected chi connectivity index (χ3v) is 2.90. The van der Waals surface area contributed by atoms with Crippen LogP contribution in [-0.2, 0) is 0 Å². The van der Waals surface area contributed by atoms with E-state index in [4.69, 9.17) is 11.6 Å². The molecule has 1 aliphatic rings. The predicted octanol–water partition coefficient (Wildman–Crippen LogP) is 1.57. The van der Waals surface area contributed by atoms with Gasteiger partial charge in [-0.3, -0.25) is 4.79 Å². The molecule has 1 amide bonds. The first kappa shape index (κ1) is 11.4. The van der Waals surface area contributed by atoms with Crippen LogP contribution in [0.5, 0.6) is 0 Å². The van der Waals surface area contributed by atoms with Gasteiger partial charge in [-0.05, 0) is 25.1 Å². The molecule has 16 heavy (non-hydrogen) atoms. The minimum absolute atomic E-state index is 0.0585. The minimum Gasteiger partial charge on any atom is -0.348 e. The topological polar surface area (TPSA) is 41.1 Å². The first-order chi connectivity index (χ1) is 7.68. The van der Waals surface area contributed by atoms with E-state index in [1.54, 1.807) is 0 Å². The fourth-order valence-corrected chi connectivity index (χ4v) is 2.00. The Bertz CT molecular complexity index is 385. The number of hydrogen-bond donors (Lipinski definition) is 2. The number of benzene rings is 1. The maximum atomic E-state index is 13.4. The molecule has 0 unspecified atom stereocenters. The van der Waals surface area contributed by atoms with Gasteiger partial charge in [-0.25, -0.2) is 4.39 Å². The first-order valence-electron chi connectivity index (χ1n) is 5.14. The van der Waals surface area contributed by atoms with Gasteiger partial charge in [0.2, 0.25) is 0 Å². The van der Waals surface area contributed by atoms with E-state index >= 15 is 0 Å². The fraction of sp³-hybridized carbons (Fsp3) is 0.364. The molecule has 0 radical (unpaired) electrons. The Balaban J connectivity index is 2.13. The molecular weight excluding hydrogens is 231 g/mol. The maximum absolute atomic E-state index is 13.4. The lowest BCUT2D eigenvalue weighted by Crippen LogP contribution is -2.36. The fourth-order valence-electron chi connectivity index (χ4n) is 1.75. The Morgan fingerprint density at radius 3 is 3.00 bits per heavy atom. The van der Waals surface area contributed by atoms with E-state index in [1.807, 2.05) is 0 Å². The molecule has 1 aromatic carbocycles. The van der Waals surface area contributed by atoms with Crippen LogP contribution >= 0.6 is 11.6 Å². The molecule has 1 aliphatic heterocycles. The molecule has 1 heterocycles. The summed E-state index contributed by atoms with van der Waals surface area (Å²) in [6.07, 6.45) is 0.859. The van der Waals surface area contributed by atoms with Crippen LogP contribution in [-0.4, -0.2) is 25.0 Å². The van der Waals surface area contributed by atoms with Crippen molar-refractivity contribution in [3.05, 3.63) is 34.6 Å². The SMILES string of the molecule is O=C(N[C@H]1CCNC1)c1c(F)cccc1Cl. The van der Waals surface area contributed by atoms with Crippen molar-refractivity contribution in [3.8, 4) is 0 Å². The molecule has 1 saturated heterocycles. The lowest BCUT2D eigenvalue weighted by molar-refractivity contribution is 0.0936. The Morgan fingerprint density at radius 1 is 1.56 bits per heavy atom. The van der Waals surface area contributed by atoms with Crippen LogP contribution in [0.15, 0.2) is 18.2 Å². The van der Waals surface area contributed by atoms with E-state index in [0.29, 0.717) is 0 Å². The standard InChI is InChI=1S/C11H12ClFN2O/c12-8-2-1-3-9(13)10(8)11(16)15-7-4-5-14-6-7/h1-3,7,14H,4-6H2,(H,15,16)/t7-/m0/s1. The Kier molecular flexibility index (Phi) is 3.41. The molecule has 0 aromatic heterocycles. The van der Waals surface area contributed by atoms with Crippen LogP contribution in [0.3, 0.4) is 0 Å². The number of hydrogen-bond acceptors (Lipinski definition) is 2. The normalized spacial score (nSPS) is 19.8. The summed E-state index contributed by atoms with van der Waals surface area (Å²) in [5.74, 6) is -1.03. The molecule has 1 aromatic rings. The minimum atomic E-state index is -0.587. The number of amides is 1. The number of rotatable bonds is 2. The molecule has 0 spiro atoms. The summed E-state index contributed by atoms with van der Waals surface area (Å²) in [6.45, 7) is 1.59. The molecule has 5 heteroatoms. The molecule has 2 rings (SSSR count). The van der Waals surface area contributed by atoms with Gasteiger partial charge in [-0.1, -0.05) is 17.7 Å².